The summed E-state index contributed by atoms with van der Waals surface area (Å²) in [4.78, 5) is 4.76. The Morgan fingerprint density at radius 3 is 2.73 bits per heavy atom. The van der Waals surface area contributed by atoms with Crippen LogP contribution in [0.1, 0.15) is 13.3 Å². The van der Waals surface area contributed by atoms with E-state index in [0.717, 1.165) is 18.4 Å². The second-order valence-corrected chi connectivity index (χ2v) is 5.29. The first-order valence-electron chi connectivity index (χ1n) is 5.70. The molecule has 0 aromatic rings. The van der Waals surface area contributed by atoms with Crippen LogP contribution in [0, 0.1) is 0 Å². The second-order valence-electron chi connectivity index (χ2n) is 4.64. The van der Waals surface area contributed by atoms with Crippen molar-refractivity contribution in [3.8, 4) is 0 Å². The van der Waals surface area contributed by atoms with Crippen molar-refractivity contribution in [3.05, 3.63) is 0 Å². The van der Waals surface area contributed by atoms with Gasteiger partial charge in [-0.2, -0.15) is 0 Å². The average Bonchev–Trinajstić information content (AvgIpc) is 2.16. The molecular weight excluding hydrogens is 256 g/mol. The number of nitrogens with zero attached hydrogens (tertiary/aromatic N) is 2. The Bertz CT molecular complexity index is 178. The van der Waals surface area contributed by atoms with Crippen LogP contribution in [0.5, 0.6) is 0 Å². The molecule has 0 saturated carbocycles. The molecule has 2 atom stereocenters. The lowest BCUT2D eigenvalue weighted by atomic mass is 10.2. The van der Waals surface area contributed by atoms with Gasteiger partial charge in [-0.05, 0) is 40.5 Å². The van der Waals surface area contributed by atoms with Crippen molar-refractivity contribution < 1.29 is 4.74 Å². The number of alkyl halides is 1. The van der Waals surface area contributed by atoms with Gasteiger partial charge in [-0.25, -0.2) is 0 Å². The smallest absolute Gasteiger partial charge is 0.0802 e. The fourth-order valence-corrected chi connectivity index (χ4v) is 2.38. The zero-order valence-electron chi connectivity index (χ0n) is 10.1. The third kappa shape index (κ3) is 5.29. The zero-order chi connectivity index (χ0) is 11.3. The van der Waals surface area contributed by atoms with E-state index in [1.807, 2.05) is 0 Å². The monoisotopic (exact) mass is 278 g/mol. The van der Waals surface area contributed by atoms with Gasteiger partial charge in [0.25, 0.3) is 0 Å². The van der Waals surface area contributed by atoms with Gasteiger partial charge < -0.3 is 9.64 Å². The molecule has 0 aromatic heterocycles. The van der Waals surface area contributed by atoms with Crippen LogP contribution in [-0.4, -0.2) is 67.6 Å². The molecule has 1 rings (SSSR count). The summed E-state index contributed by atoms with van der Waals surface area (Å²) in [6.07, 6.45) is 1.99. The minimum absolute atomic E-state index is 0.369. The van der Waals surface area contributed by atoms with Gasteiger partial charge in [0.15, 0.2) is 0 Å². The number of ether oxygens (including phenoxy) is 1. The molecule has 3 nitrogen and oxygen atoms in total. The molecule has 0 radical (unpaired) electrons. The lowest BCUT2D eigenvalue weighted by Crippen LogP contribution is -2.47. The molecule has 1 aliphatic heterocycles. The van der Waals surface area contributed by atoms with Crippen LogP contribution < -0.4 is 0 Å². The van der Waals surface area contributed by atoms with E-state index >= 15 is 0 Å². The van der Waals surface area contributed by atoms with Crippen molar-refractivity contribution in [2.45, 2.75) is 25.6 Å². The number of hydrogen-bond acceptors (Lipinski definition) is 3. The Morgan fingerprint density at radius 2 is 2.13 bits per heavy atom. The molecule has 0 amide bonds. The van der Waals surface area contributed by atoms with Gasteiger partial charge in [0, 0.05) is 18.4 Å². The Balaban J connectivity index is 2.22. The molecule has 2 unspecified atom stereocenters. The van der Waals surface area contributed by atoms with E-state index in [1.54, 1.807) is 0 Å². The van der Waals surface area contributed by atoms with Gasteiger partial charge in [-0.1, -0.05) is 15.9 Å². The topological polar surface area (TPSA) is 15.7 Å². The highest BCUT2D eigenvalue weighted by molar-refractivity contribution is 9.09. The zero-order valence-corrected chi connectivity index (χ0v) is 11.7. The van der Waals surface area contributed by atoms with Crippen LogP contribution in [0.25, 0.3) is 0 Å². The van der Waals surface area contributed by atoms with Crippen LogP contribution in [0.2, 0.25) is 0 Å². The second kappa shape index (κ2) is 6.84. The van der Waals surface area contributed by atoms with Crippen LogP contribution in [0.4, 0.5) is 0 Å². The van der Waals surface area contributed by atoms with Gasteiger partial charge in [-0.3, -0.25) is 4.90 Å². The summed E-state index contributed by atoms with van der Waals surface area (Å²) < 4.78 is 5.79. The molecule has 0 aromatic carbocycles. The first kappa shape index (κ1) is 13.4. The van der Waals surface area contributed by atoms with E-state index in [2.05, 4.69) is 46.7 Å². The molecule has 1 heterocycles. The molecule has 4 heteroatoms. The number of halogens is 1. The fraction of sp³-hybridized carbons (Fsp3) is 1.00. The largest absolute Gasteiger partial charge is 0.372 e. The molecule has 0 spiro atoms. The summed E-state index contributed by atoms with van der Waals surface area (Å²) in [6.45, 7) is 6.67. The van der Waals surface area contributed by atoms with Crippen LogP contribution >= 0.6 is 15.9 Å². The highest BCUT2D eigenvalue weighted by Crippen LogP contribution is 2.13. The SMILES string of the molecule is CC1CN(CCCN(C)C)CC(CBr)O1. The van der Waals surface area contributed by atoms with Crippen molar-refractivity contribution in [3.63, 3.8) is 0 Å². The summed E-state index contributed by atoms with van der Waals surface area (Å²) in [5, 5.41) is 0.946. The summed E-state index contributed by atoms with van der Waals surface area (Å²) in [7, 11) is 4.26. The Kier molecular flexibility index (Phi) is 6.12. The van der Waals surface area contributed by atoms with Gasteiger partial charge in [0.2, 0.25) is 0 Å². The normalized spacial score (nSPS) is 28.6. The number of rotatable bonds is 5. The molecule has 0 aliphatic carbocycles. The van der Waals surface area contributed by atoms with Crippen LogP contribution in [0.15, 0.2) is 0 Å². The lowest BCUT2D eigenvalue weighted by Gasteiger charge is -2.36. The van der Waals surface area contributed by atoms with E-state index in [-0.39, 0.29) is 0 Å². The average molecular weight is 279 g/mol. The predicted molar refractivity (Wildman–Crippen MR) is 67.7 cm³/mol. The van der Waals surface area contributed by atoms with Gasteiger partial charge in [-0.15, -0.1) is 0 Å². The van der Waals surface area contributed by atoms with E-state index in [9.17, 15) is 0 Å². The van der Waals surface area contributed by atoms with Gasteiger partial charge in [0.05, 0.1) is 12.2 Å². The van der Waals surface area contributed by atoms with E-state index in [4.69, 9.17) is 4.74 Å². The van der Waals surface area contributed by atoms with Gasteiger partial charge >= 0.3 is 0 Å². The van der Waals surface area contributed by atoms with E-state index in [1.165, 1.54) is 19.5 Å². The van der Waals surface area contributed by atoms with Crippen molar-refractivity contribution in [2.75, 3.05) is 45.6 Å². The first-order valence-corrected chi connectivity index (χ1v) is 6.82. The van der Waals surface area contributed by atoms with Crippen molar-refractivity contribution >= 4 is 15.9 Å². The molecule has 1 fully saturated rings. The van der Waals surface area contributed by atoms with Gasteiger partial charge in [0.1, 0.15) is 0 Å². The highest BCUT2D eigenvalue weighted by atomic mass is 79.9. The van der Waals surface area contributed by atoms with Crippen LogP contribution in [0.3, 0.4) is 0 Å². The molecule has 15 heavy (non-hydrogen) atoms. The van der Waals surface area contributed by atoms with Crippen molar-refractivity contribution in [2.24, 2.45) is 0 Å². The standard InChI is InChI=1S/C11H23BrN2O/c1-10-8-14(6-4-5-13(2)3)9-11(7-12)15-10/h10-11H,4-9H2,1-3H3. The Morgan fingerprint density at radius 1 is 1.40 bits per heavy atom. The molecular formula is C11H23BrN2O. The Labute approximate surface area is 102 Å². The molecule has 1 aliphatic rings. The summed E-state index contributed by atoms with van der Waals surface area (Å²) >= 11 is 3.50. The van der Waals surface area contributed by atoms with Crippen molar-refractivity contribution in [1.29, 1.82) is 0 Å². The summed E-state index contributed by atoms with van der Waals surface area (Å²) in [5.41, 5.74) is 0. The number of morpholine rings is 1. The lowest BCUT2D eigenvalue weighted by molar-refractivity contribution is -0.0655. The van der Waals surface area contributed by atoms with Crippen molar-refractivity contribution in [1.82, 2.24) is 9.80 Å². The summed E-state index contributed by atoms with van der Waals surface area (Å²) in [5.74, 6) is 0. The summed E-state index contributed by atoms with van der Waals surface area (Å²) in [6, 6.07) is 0. The Hall–Kier alpha value is 0.360. The van der Waals surface area contributed by atoms with E-state index in [0.29, 0.717) is 12.2 Å². The quantitative estimate of drug-likeness (QED) is 0.708. The number of hydrogen-bond donors (Lipinski definition) is 0. The minimum Gasteiger partial charge on any atom is -0.372 e. The molecule has 1 saturated heterocycles. The first-order chi connectivity index (χ1) is 7.11. The molecule has 0 N–H and O–H groups in total. The molecule has 90 valence electrons. The predicted octanol–water partition coefficient (Wildman–Crippen LogP) is 1.42. The maximum absolute atomic E-state index is 5.79. The fourth-order valence-electron chi connectivity index (χ4n) is 2.02. The third-order valence-electron chi connectivity index (χ3n) is 2.65. The maximum Gasteiger partial charge on any atom is 0.0802 e. The minimum atomic E-state index is 0.369. The maximum atomic E-state index is 5.79. The van der Waals surface area contributed by atoms with E-state index < -0.39 is 0 Å². The molecule has 0 bridgehead atoms. The highest BCUT2D eigenvalue weighted by Gasteiger charge is 2.23. The van der Waals surface area contributed by atoms with Crippen LogP contribution in [-0.2, 0) is 4.74 Å². The third-order valence-corrected chi connectivity index (χ3v) is 3.38.